The van der Waals surface area contributed by atoms with Crippen LogP contribution in [0.25, 0.3) is 17.4 Å². The number of amides is 1. The SMILES string of the molecule is C=CCOC(=O)c1cc(-c2ccc(C=C3SC(N)=NC3=O)o2)ccc1Cl. The molecule has 0 fully saturated rings. The van der Waals surface area contributed by atoms with E-state index in [2.05, 4.69) is 11.6 Å². The van der Waals surface area contributed by atoms with Gasteiger partial charge in [0.25, 0.3) is 5.91 Å². The minimum absolute atomic E-state index is 0.0920. The van der Waals surface area contributed by atoms with Gasteiger partial charge in [-0.05, 0) is 42.1 Å². The first-order valence-electron chi connectivity index (χ1n) is 7.43. The zero-order valence-corrected chi connectivity index (χ0v) is 15.0. The van der Waals surface area contributed by atoms with Crippen molar-refractivity contribution in [3.63, 3.8) is 0 Å². The van der Waals surface area contributed by atoms with E-state index in [9.17, 15) is 9.59 Å². The summed E-state index contributed by atoms with van der Waals surface area (Å²) in [6, 6.07) is 8.32. The van der Waals surface area contributed by atoms with E-state index in [-0.39, 0.29) is 22.4 Å². The standard InChI is InChI=1S/C18H13ClN2O4S/c1-2-7-24-17(23)12-8-10(3-5-13(12)19)14-6-4-11(25-14)9-15-16(22)21-18(20)26-15/h2-6,8-9H,1,7H2,(H2,20,21,22). The largest absolute Gasteiger partial charge is 0.458 e. The number of halogens is 1. The Labute approximate surface area is 158 Å². The van der Waals surface area contributed by atoms with Crippen LogP contribution < -0.4 is 5.73 Å². The maximum atomic E-state index is 12.1. The molecule has 0 unspecified atom stereocenters. The zero-order chi connectivity index (χ0) is 18.7. The van der Waals surface area contributed by atoms with Crippen LogP contribution in [0.15, 0.2) is 57.3 Å². The summed E-state index contributed by atoms with van der Waals surface area (Å²) in [6.45, 7) is 3.59. The molecule has 0 spiro atoms. The molecule has 1 aliphatic rings. The van der Waals surface area contributed by atoms with Crippen molar-refractivity contribution in [3.8, 4) is 11.3 Å². The highest BCUT2D eigenvalue weighted by atomic mass is 35.5. The number of hydrogen-bond acceptors (Lipinski definition) is 6. The van der Waals surface area contributed by atoms with Gasteiger partial charge in [0, 0.05) is 11.6 Å². The summed E-state index contributed by atoms with van der Waals surface area (Å²) in [5, 5.41) is 0.477. The lowest BCUT2D eigenvalue weighted by Crippen LogP contribution is -2.05. The minimum atomic E-state index is -0.550. The van der Waals surface area contributed by atoms with E-state index in [4.69, 9.17) is 26.5 Å². The molecule has 2 aromatic rings. The van der Waals surface area contributed by atoms with Crippen molar-refractivity contribution in [2.24, 2.45) is 10.7 Å². The van der Waals surface area contributed by atoms with Gasteiger partial charge in [0.05, 0.1) is 15.5 Å². The second-order valence-corrected chi connectivity index (χ2v) is 6.62. The molecular formula is C18H13ClN2O4S. The Balaban J connectivity index is 1.86. The molecular weight excluding hydrogens is 376 g/mol. The fraction of sp³-hybridized carbons (Fsp3) is 0.0556. The third kappa shape index (κ3) is 3.89. The smallest absolute Gasteiger partial charge is 0.339 e. The number of ether oxygens (including phenoxy) is 1. The van der Waals surface area contributed by atoms with E-state index in [1.54, 1.807) is 36.4 Å². The summed E-state index contributed by atoms with van der Waals surface area (Å²) in [5.74, 6) is 0.0255. The van der Waals surface area contributed by atoms with E-state index in [1.165, 1.54) is 6.08 Å². The van der Waals surface area contributed by atoms with Crippen molar-refractivity contribution >= 4 is 46.5 Å². The average molecular weight is 389 g/mol. The second-order valence-electron chi connectivity index (χ2n) is 5.15. The highest BCUT2D eigenvalue weighted by Gasteiger charge is 2.20. The lowest BCUT2D eigenvalue weighted by Gasteiger charge is -2.06. The third-order valence-corrected chi connectivity index (χ3v) is 4.48. The number of carbonyl (C=O) groups is 2. The summed E-state index contributed by atoms with van der Waals surface area (Å²) >= 11 is 7.16. The van der Waals surface area contributed by atoms with Gasteiger partial charge in [-0.15, -0.1) is 0 Å². The maximum absolute atomic E-state index is 12.1. The quantitative estimate of drug-likeness (QED) is 0.474. The molecule has 1 aliphatic heterocycles. The molecule has 0 saturated carbocycles. The van der Waals surface area contributed by atoms with Gasteiger partial charge < -0.3 is 14.9 Å². The normalized spacial score (nSPS) is 15.2. The Morgan fingerprint density at radius 3 is 2.88 bits per heavy atom. The van der Waals surface area contributed by atoms with Crippen molar-refractivity contribution < 1.29 is 18.7 Å². The molecule has 1 aromatic carbocycles. The molecule has 8 heteroatoms. The predicted molar refractivity (Wildman–Crippen MR) is 102 cm³/mol. The number of aliphatic imine (C=N–C) groups is 1. The number of nitrogens with zero attached hydrogens (tertiary/aromatic N) is 1. The number of furan rings is 1. The number of nitrogens with two attached hydrogens (primary N) is 1. The van der Waals surface area contributed by atoms with Crippen molar-refractivity contribution in [2.45, 2.75) is 0 Å². The van der Waals surface area contributed by atoms with Gasteiger partial charge in [-0.2, -0.15) is 4.99 Å². The van der Waals surface area contributed by atoms with Gasteiger partial charge in [0.1, 0.15) is 18.1 Å². The number of carbonyl (C=O) groups excluding carboxylic acids is 2. The first-order valence-corrected chi connectivity index (χ1v) is 8.63. The topological polar surface area (TPSA) is 94.9 Å². The van der Waals surface area contributed by atoms with Crippen LogP contribution in [0.1, 0.15) is 16.1 Å². The molecule has 2 heterocycles. The Bertz CT molecular complexity index is 962. The summed E-state index contributed by atoms with van der Waals surface area (Å²) in [4.78, 5) is 27.7. The van der Waals surface area contributed by atoms with Crippen LogP contribution in [0.3, 0.4) is 0 Å². The number of hydrogen-bond donors (Lipinski definition) is 1. The van der Waals surface area contributed by atoms with E-state index in [1.807, 2.05) is 0 Å². The predicted octanol–water partition coefficient (Wildman–Crippen LogP) is 3.87. The monoisotopic (exact) mass is 388 g/mol. The van der Waals surface area contributed by atoms with Gasteiger partial charge in [-0.25, -0.2) is 4.79 Å². The summed E-state index contributed by atoms with van der Waals surface area (Å²) in [7, 11) is 0. The van der Waals surface area contributed by atoms with Gasteiger partial charge in [0.2, 0.25) is 0 Å². The number of amidine groups is 1. The number of thioether (sulfide) groups is 1. The van der Waals surface area contributed by atoms with E-state index < -0.39 is 11.9 Å². The van der Waals surface area contributed by atoms with Crippen LogP contribution >= 0.6 is 23.4 Å². The molecule has 2 N–H and O–H groups in total. The van der Waals surface area contributed by atoms with Gasteiger partial charge in [-0.3, -0.25) is 4.79 Å². The van der Waals surface area contributed by atoms with E-state index in [0.717, 1.165) is 11.8 Å². The summed E-state index contributed by atoms with van der Waals surface area (Å²) < 4.78 is 10.7. The number of esters is 1. The Hall–Kier alpha value is -2.77. The lowest BCUT2D eigenvalue weighted by atomic mass is 10.1. The molecule has 1 aromatic heterocycles. The first kappa shape index (κ1) is 18.0. The Morgan fingerprint density at radius 1 is 1.38 bits per heavy atom. The molecule has 1 amide bonds. The fourth-order valence-corrected chi connectivity index (χ4v) is 3.04. The minimum Gasteiger partial charge on any atom is -0.458 e. The first-order chi connectivity index (χ1) is 12.5. The maximum Gasteiger partial charge on any atom is 0.339 e. The van der Waals surface area contributed by atoms with Crippen LogP contribution in [0.2, 0.25) is 5.02 Å². The molecule has 0 bridgehead atoms. The molecule has 6 nitrogen and oxygen atoms in total. The zero-order valence-electron chi connectivity index (χ0n) is 13.4. The van der Waals surface area contributed by atoms with Gasteiger partial charge >= 0.3 is 5.97 Å². The molecule has 3 rings (SSSR count). The Morgan fingerprint density at radius 2 is 2.19 bits per heavy atom. The van der Waals surface area contributed by atoms with Crippen molar-refractivity contribution in [1.29, 1.82) is 0 Å². The third-order valence-electron chi connectivity index (χ3n) is 3.34. The van der Waals surface area contributed by atoms with Crippen LogP contribution in [0.5, 0.6) is 0 Å². The Kier molecular flexibility index (Phi) is 5.29. The molecule has 26 heavy (non-hydrogen) atoms. The van der Waals surface area contributed by atoms with Crippen LogP contribution in [-0.2, 0) is 9.53 Å². The van der Waals surface area contributed by atoms with Crippen molar-refractivity contribution in [2.75, 3.05) is 6.61 Å². The van der Waals surface area contributed by atoms with Crippen LogP contribution in [0, 0.1) is 0 Å². The van der Waals surface area contributed by atoms with Crippen molar-refractivity contribution in [1.82, 2.24) is 0 Å². The number of benzene rings is 1. The lowest BCUT2D eigenvalue weighted by molar-refractivity contribution is -0.113. The summed E-state index contributed by atoms with van der Waals surface area (Å²) in [6.07, 6.45) is 3.04. The molecule has 0 saturated heterocycles. The molecule has 0 radical (unpaired) electrons. The van der Waals surface area contributed by atoms with Crippen LogP contribution in [0.4, 0.5) is 0 Å². The number of rotatable bonds is 5. The molecule has 0 atom stereocenters. The van der Waals surface area contributed by atoms with E-state index >= 15 is 0 Å². The molecule has 0 aliphatic carbocycles. The highest BCUT2D eigenvalue weighted by Crippen LogP contribution is 2.30. The average Bonchev–Trinajstić information content (AvgIpc) is 3.20. The van der Waals surface area contributed by atoms with Gasteiger partial charge in [0.15, 0.2) is 5.17 Å². The van der Waals surface area contributed by atoms with Crippen molar-refractivity contribution in [3.05, 3.63) is 64.2 Å². The highest BCUT2D eigenvalue weighted by molar-refractivity contribution is 8.18. The fourth-order valence-electron chi connectivity index (χ4n) is 2.19. The van der Waals surface area contributed by atoms with Gasteiger partial charge in [-0.1, -0.05) is 24.3 Å². The molecule has 132 valence electrons. The summed E-state index contributed by atoms with van der Waals surface area (Å²) in [5.41, 5.74) is 6.39. The van der Waals surface area contributed by atoms with Crippen LogP contribution in [-0.4, -0.2) is 23.7 Å². The second kappa shape index (κ2) is 7.63. The van der Waals surface area contributed by atoms with E-state index in [0.29, 0.717) is 22.0 Å².